The molecule has 2 unspecified atom stereocenters. The Bertz CT molecular complexity index is 768. The Morgan fingerprint density at radius 3 is 2.74 bits per heavy atom. The number of epoxide rings is 1. The highest BCUT2D eigenvalue weighted by atomic mass is 32.1. The average molecular weight is 407 g/mol. The lowest BCUT2D eigenvalue weighted by molar-refractivity contribution is -0.946. The fourth-order valence-electron chi connectivity index (χ4n) is 4.66. The van der Waals surface area contributed by atoms with E-state index >= 15 is 0 Å². The average Bonchev–Trinajstić information content (AvgIpc) is 3.11. The van der Waals surface area contributed by atoms with Crippen molar-refractivity contribution in [1.82, 2.24) is 0 Å². The second-order valence-electron chi connectivity index (χ2n) is 7.88. The summed E-state index contributed by atoms with van der Waals surface area (Å²) in [5.74, 6) is 0.479. The molecular formula is C20H24NO4S2+. The maximum atomic E-state index is 12.2. The standard InChI is InChI=1S/C20H24NO4S2/c22-20(23-13-15-3-1-9-26-15)25-16-11-21(7-5-14(16)6-8-21)12-17-19(24-17)18-4-2-10-27-18/h1-4,9-10,14,16-17,19H,5-8,11-13H2/q+1/t14?,16-,17?,19?,21?/m0/s1. The van der Waals surface area contributed by atoms with Gasteiger partial charge in [-0.1, -0.05) is 12.1 Å². The van der Waals surface area contributed by atoms with Gasteiger partial charge in [0.05, 0.1) is 13.1 Å². The summed E-state index contributed by atoms with van der Waals surface area (Å²) in [5.41, 5.74) is 0. The number of fused-ring (bicyclic) bond motifs is 3. The SMILES string of the molecule is O=C(OCc1cccs1)O[C@H]1C[N+]2(CC3OC3c3cccs3)CCC1CC2. The van der Waals surface area contributed by atoms with Crippen molar-refractivity contribution in [3.8, 4) is 0 Å². The van der Waals surface area contributed by atoms with Gasteiger partial charge in [-0.3, -0.25) is 0 Å². The first-order valence-electron chi connectivity index (χ1n) is 9.61. The Morgan fingerprint density at radius 2 is 2.00 bits per heavy atom. The Morgan fingerprint density at radius 1 is 1.19 bits per heavy atom. The van der Waals surface area contributed by atoms with E-state index in [4.69, 9.17) is 14.2 Å². The molecule has 144 valence electrons. The van der Waals surface area contributed by atoms with Gasteiger partial charge in [0, 0.05) is 28.5 Å². The molecule has 3 atom stereocenters. The number of piperidine rings is 3. The van der Waals surface area contributed by atoms with Crippen molar-refractivity contribution in [3.63, 3.8) is 0 Å². The molecule has 27 heavy (non-hydrogen) atoms. The Hall–Kier alpha value is -1.41. The van der Waals surface area contributed by atoms with Gasteiger partial charge in [0.25, 0.3) is 0 Å². The van der Waals surface area contributed by atoms with E-state index < -0.39 is 6.16 Å². The fourth-order valence-corrected chi connectivity index (χ4v) is 6.09. The van der Waals surface area contributed by atoms with E-state index in [0.717, 1.165) is 35.3 Å². The molecule has 6 rings (SSSR count). The fraction of sp³-hybridized carbons (Fsp3) is 0.550. The quantitative estimate of drug-likeness (QED) is 0.410. The molecule has 4 aliphatic heterocycles. The number of hydrogen-bond acceptors (Lipinski definition) is 6. The number of carbonyl (C=O) groups excluding carboxylic acids is 1. The van der Waals surface area contributed by atoms with Crippen LogP contribution in [0.25, 0.3) is 0 Å². The topological polar surface area (TPSA) is 48.1 Å². The van der Waals surface area contributed by atoms with Crippen molar-refractivity contribution < 1.29 is 23.5 Å². The first-order chi connectivity index (χ1) is 13.2. The lowest BCUT2D eigenvalue weighted by atomic mass is 9.83. The second-order valence-corrected chi connectivity index (χ2v) is 9.89. The summed E-state index contributed by atoms with van der Waals surface area (Å²) in [6, 6.07) is 8.17. The minimum Gasteiger partial charge on any atom is -0.429 e. The monoisotopic (exact) mass is 406 g/mol. The summed E-state index contributed by atoms with van der Waals surface area (Å²) in [4.78, 5) is 14.5. The van der Waals surface area contributed by atoms with Gasteiger partial charge in [0.2, 0.25) is 0 Å². The molecule has 2 aromatic rings. The summed E-state index contributed by atoms with van der Waals surface area (Å²) in [6.45, 7) is 4.57. The molecule has 0 aliphatic carbocycles. The predicted octanol–water partition coefficient (Wildman–Crippen LogP) is 4.21. The van der Waals surface area contributed by atoms with E-state index in [1.165, 1.54) is 18.0 Å². The summed E-state index contributed by atoms with van der Waals surface area (Å²) in [7, 11) is 0. The number of ether oxygens (including phenoxy) is 3. The van der Waals surface area contributed by atoms with Crippen LogP contribution < -0.4 is 0 Å². The molecular weight excluding hydrogens is 382 g/mol. The normalized spacial score (nSPS) is 34.4. The third kappa shape index (κ3) is 3.78. The summed E-state index contributed by atoms with van der Waals surface area (Å²) < 4.78 is 18.0. The van der Waals surface area contributed by atoms with Gasteiger partial charge in [-0.05, 0) is 22.9 Å². The zero-order valence-corrected chi connectivity index (χ0v) is 16.8. The maximum absolute atomic E-state index is 12.2. The Balaban J connectivity index is 1.16. The molecule has 2 bridgehead atoms. The van der Waals surface area contributed by atoms with Crippen LogP contribution in [0.15, 0.2) is 35.0 Å². The lowest BCUT2D eigenvalue weighted by Gasteiger charge is -2.51. The summed E-state index contributed by atoms with van der Waals surface area (Å²) in [6.07, 6.45) is 2.28. The molecule has 0 radical (unpaired) electrons. The molecule has 2 aromatic heterocycles. The van der Waals surface area contributed by atoms with Crippen molar-refractivity contribution in [2.24, 2.45) is 5.92 Å². The molecule has 0 spiro atoms. The van der Waals surface area contributed by atoms with Gasteiger partial charge in [0.15, 0.2) is 6.10 Å². The molecule has 4 aliphatic rings. The van der Waals surface area contributed by atoms with Crippen LogP contribution in [0, 0.1) is 5.92 Å². The lowest BCUT2D eigenvalue weighted by Crippen LogP contribution is -2.65. The number of hydrogen-bond donors (Lipinski definition) is 0. The Labute approximate surface area is 167 Å². The van der Waals surface area contributed by atoms with Gasteiger partial charge in [-0.2, -0.15) is 0 Å². The van der Waals surface area contributed by atoms with Crippen LogP contribution in [0.3, 0.4) is 0 Å². The second kappa shape index (κ2) is 7.20. The van der Waals surface area contributed by atoms with E-state index in [2.05, 4.69) is 17.5 Å². The molecule has 0 N–H and O–H groups in total. The van der Waals surface area contributed by atoms with E-state index in [1.54, 1.807) is 22.7 Å². The van der Waals surface area contributed by atoms with Crippen LogP contribution in [0.5, 0.6) is 0 Å². The number of nitrogens with zero attached hydrogens (tertiary/aromatic N) is 1. The number of carbonyl (C=O) groups is 1. The van der Waals surface area contributed by atoms with Crippen LogP contribution in [0.4, 0.5) is 4.79 Å². The van der Waals surface area contributed by atoms with Crippen molar-refractivity contribution in [3.05, 3.63) is 44.8 Å². The number of quaternary nitrogens is 1. The third-order valence-corrected chi connectivity index (χ3v) is 7.96. The number of thiophene rings is 2. The molecule has 6 heterocycles. The molecule has 7 heteroatoms. The van der Waals surface area contributed by atoms with Gasteiger partial charge < -0.3 is 18.7 Å². The smallest absolute Gasteiger partial charge is 0.429 e. The molecule has 5 nitrogen and oxygen atoms in total. The van der Waals surface area contributed by atoms with E-state index in [-0.39, 0.29) is 12.2 Å². The van der Waals surface area contributed by atoms with E-state index in [9.17, 15) is 4.79 Å². The molecule has 4 saturated heterocycles. The van der Waals surface area contributed by atoms with Crippen LogP contribution in [0.1, 0.15) is 28.7 Å². The predicted molar refractivity (Wildman–Crippen MR) is 104 cm³/mol. The molecule has 0 amide bonds. The number of rotatable bonds is 6. The summed E-state index contributed by atoms with van der Waals surface area (Å²) >= 11 is 3.36. The maximum Gasteiger partial charge on any atom is 0.509 e. The van der Waals surface area contributed by atoms with Gasteiger partial charge in [-0.25, -0.2) is 4.79 Å². The highest BCUT2D eigenvalue weighted by molar-refractivity contribution is 7.10. The third-order valence-electron chi connectivity index (χ3n) is 6.17. The van der Waals surface area contributed by atoms with Gasteiger partial charge in [0.1, 0.15) is 31.9 Å². The zero-order valence-electron chi connectivity index (χ0n) is 15.1. The first-order valence-corrected chi connectivity index (χ1v) is 11.4. The van der Waals surface area contributed by atoms with Crippen LogP contribution in [-0.4, -0.2) is 49.0 Å². The first kappa shape index (κ1) is 17.7. The van der Waals surface area contributed by atoms with Crippen LogP contribution in [0.2, 0.25) is 0 Å². The highest BCUT2D eigenvalue weighted by Gasteiger charge is 2.53. The minimum absolute atomic E-state index is 0.0257. The zero-order chi connectivity index (χ0) is 18.3. The van der Waals surface area contributed by atoms with E-state index in [1.807, 2.05) is 17.5 Å². The Kier molecular flexibility index (Phi) is 4.71. The van der Waals surface area contributed by atoms with Gasteiger partial charge >= 0.3 is 6.16 Å². The highest BCUT2D eigenvalue weighted by Crippen LogP contribution is 2.45. The summed E-state index contributed by atoms with van der Waals surface area (Å²) in [5, 5.41) is 4.09. The minimum atomic E-state index is -0.528. The van der Waals surface area contributed by atoms with Crippen LogP contribution in [-0.2, 0) is 20.8 Å². The van der Waals surface area contributed by atoms with Crippen LogP contribution >= 0.6 is 22.7 Å². The molecule has 0 saturated carbocycles. The van der Waals surface area contributed by atoms with Crippen molar-refractivity contribution in [2.75, 3.05) is 26.2 Å². The molecule has 0 aromatic carbocycles. The van der Waals surface area contributed by atoms with Crippen molar-refractivity contribution in [1.29, 1.82) is 0 Å². The van der Waals surface area contributed by atoms with E-state index in [0.29, 0.717) is 18.6 Å². The largest absolute Gasteiger partial charge is 0.509 e. The van der Waals surface area contributed by atoms with Crippen molar-refractivity contribution >= 4 is 28.8 Å². The van der Waals surface area contributed by atoms with Crippen molar-refractivity contribution in [2.45, 2.75) is 37.8 Å². The molecule has 4 fully saturated rings. The van der Waals surface area contributed by atoms with Gasteiger partial charge in [-0.15, -0.1) is 22.7 Å².